The maximum Gasteiger partial charge on any atom is 0.339 e. The Hall–Kier alpha value is -2.90. The fraction of sp³-hybridized carbons (Fsp3) is 0.0909. The molecule has 8 nitrogen and oxygen atoms in total. The monoisotopic (exact) mass is 263 g/mol. The van der Waals surface area contributed by atoms with Crippen LogP contribution in [0.5, 0.6) is 11.5 Å². The number of aromatic carboxylic acids is 1. The van der Waals surface area contributed by atoms with Gasteiger partial charge in [0.15, 0.2) is 5.75 Å². The normalized spacial score (nSPS) is 10.2. The number of carboxylic acids is 1. The lowest BCUT2D eigenvalue weighted by Gasteiger charge is -2.06. The van der Waals surface area contributed by atoms with E-state index in [0.29, 0.717) is 0 Å². The standard InChI is InChI=1S/C11H9N3O5/c1-13-6-7(5-12-13)19-10-8(11(15)16)3-2-4-9(10)14(17)18/h2-6H,1H3,(H,15,16). The zero-order valence-electron chi connectivity index (χ0n) is 9.81. The van der Waals surface area contributed by atoms with Crippen molar-refractivity contribution >= 4 is 11.7 Å². The number of nitrogens with zero attached hydrogens (tertiary/aromatic N) is 3. The van der Waals surface area contributed by atoms with Gasteiger partial charge in [0.1, 0.15) is 5.56 Å². The van der Waals surface area contributed by atoms with Crippen molar-refractivity contribution in [3.8, 4) is 11.5 Å². The zero-order valence-corrected chi connectivity index (χ0v) is 9.81. The van der Waals surface area contributed by atoms with E-state index in [9.17, 15) is 14.9 Å². The molecule has 0 atom stereocenters. The van der Waals surface area contributed by atoms with Gasteiger partial charge in [0.05, 0.1) is 17.3 Å². The number of ether oxygens (including phenoxy) is 1. The number of benzene rings is 1. The summed E-state index contributed by atoms with van der Waals surface area (Å²) in [5, 5.41) is 23.8. The number of rotatable bonds is 4. The van der Waals surface area contributed by atoms with Crippen molar-refractivity contribution in [1.29, 1.82) is 0 Å². The minimum Gasteiger partial charge on any atom is -0.478 e. The maximum absolute atomic E-state index is 11.1. The van der Waals surface area contributed by atoms with Crippen molar-refractivity contribution in [2.75, 3.05) is 0 Å². The minimum absolute atomic E-state index is 0.222. The highest BCUT2D eigenvalue weighted by Crippen LogP contribution is 2.34. The molecule has 0 saturated carbocycles. The summed E-state index contributed by atoms with van der Waals surface area (Å²) < 4.78 is 6.71. The maximum atomic E-state index is 11.1. The van der Waals surface area contributed by atoms with Crippen LogP contribution < -0.4 is 4.74 Å². The van der Waals surface area contributed by atoms with E-state index >= 15 is 0 Å². The van der Waals surface area contributed by atoms with Gasteiger partial charge in [-0.15, -0.1) is 0 Å². The Morgan fingerprint density at radius 3 is 2.79 bits per heavy atom. The van der Waals surface area contributed by atoms with E-state index in [1.807, 2.05) is 0 Å². The van der Waals surface area contributed by atoms with Gasteiger partial charge in [-0.25, -0.2) is 4.79 Å². The molecule has 1 N–H and O–H groups in total. The topological polar surface area (TPSA) is 107 Å². The molecular formula is C11H9N3O5. The summed E-state index contributed by atoms with van der Waals surface area (Å²) in [6, 6.07) is 3.71. The second kappa shape index (κ2) is 4.77. The van der Waals surface area contributed by atoms with E-state index in [1.165, 1.54) is 35.3 Å². The van der Waals surface area contributed by atoms with Crippen molar-refractivity contribution in [2.45, 2.75) is 0 Å². The number of aryl methyl sites for hydroxylation is 1. The van der Waals surface area contributed by atoms with Crippen LogP contribution in [0.4, 0.5) is 5.69 Å². The molecule has 2 aromatic rings. The average molecular weight is 263 g/mol. The Bertz CT molecular complexity index is 617. The Morgan fingerprint density at radius 2 is 2.26 bits per heavy atom. The molecule has 0 aliphatic rings. The molecule has 8 heteroatoms. The van der Waals surface area contributed by atoms with Gasteiger partial charge in [-0.1, -0.05) is 6.07 Å². The van der Waals surface area contributed by atoms with Crippen molar-refractivity contribution < 1.29 is 19.6 Å². The molecule has 1 heterocycles. The SMILES string of the molecule is Cn1cc(Oc2c(C(=O)O)cccc2[N+](=O)[O-])cn1. The highest BCUT2D eigenvalue weighted by Gasteiger charge is 2.23. The molecule has 2 rings (SSSR count). The Balaban J connectivity index is 2.52. The lowest BCUT2D eigenvalue weighted by atomic mass is 10.1. The highest BCUT2D eigenvalue weighted by atomic mass is 16.6. The molecule has 0 amide bonds. The number of nitro groups is 1. The van der Waals surface area contributed by atoms with Crippen LogP contribution in [0, 0.1) is 10.1 Å². The first-order valence-electron chi connectivity index (χ1n) is 5.16. The number of hydrogen-bond acceptors (Lipinski definition) is 5. The number of carboxylic acid groups (broad SMARTS) is 1. The molecule has 1 aromatic carbocycles. The molecule has 0 unspecified atom stereocenters. The quantitative estimate of drug-likeness (QED) is 0.665. The van der Waals surface area contributed by atoms with Gasteiger partial charge < -0.3 is 9.84 Å². The molecule has 19 heavy (non-hydrogen) atoms. The Kier molecular flexibility index (Phi) is 3.15. The summed E-state index contributed by atoms with van der Waals surface area (Å²) in [4.78, 5) is 21.3. The third-order valence-electron chi connectivity index (χ3n) is 2.32. The van der Waals surface area contributed by atoms with Crippen molar-refractivity contribution in [3.63, 3.8) is 0 Å². The molecule has 0 saturated heterocycles. The van der Waals surface area contributed by atoms with E-state index in [2.05, 4.69) is 5.10 Å². The first kappa shape index (κ1) is 12.6. The molecular weight excluding hydrogens is 254 g/mol. The summed E-state index contributed by atoms with van der Waals surface area (Å²) in [5.74, 6) is -1.39. The van der Waals surface area contributed by atoms with Crippen molar-refractivity contribution in [2.24, 2.45) is 7.05 Å². The summed E-state index contributed by atoms with van der Waals surface area (Å²) in [6.45, 7) is 0. The highest BCUT2D eigenvalue weighted by molar-refractivity contribution is 5.92. The van der Waals surface area contributed by atoms with Crippen LogP contribution in [-0.4, -0.2) is 25.8 Å². The molecule has 0 fully saturated rings. The van der Waals surface area contributed by atoms with Gasteiger partial charge in [-0.05, 0) is 6.07 Å². The molecule has 0 spiro atoms. The largest absolute Gasteiger partial charge is 0.478 e. The summed E-state index contributed by atoms with van der Waals surface area (Å²) in [6.07, 6.45) is 2.81. The number of aromatic nitrogens is 2. The van der Waals surface area contributed by atoms with Crippen LogP contribution in [-0.2, 0) is 7.05 Å². The van der Waals surface area contributed by atoms with Gasteiger partial charge in [-0.3, -0.25) is 14.8 Å². The summed E-state index contributed by atoms with van der Waals surface area (Å²) in [5.41, 5.74) is -0.693. The lowest BCUT2D eigenvalue weighted by molar-refractivity contribution is -0.385. The number of carbonyl (C=O) groups is 1. The van der Waals surface area contributed by atoms with E-state index < -0.39 is 16.6 Å². The number of nitro benzene ring substituents is 1. The minimum atomic E-state index is -1.30. The number of para-hydroxylation sites is 1. The van der Waals surface area contributed by atoms with Crippen LogP contribution in [0.1, 0.15) is 10.4 Å². The molecule has 0 aliphatic heterocycles. The fourth-order valence-electron chi connectivity index (χ4n) is 1.51. The molecule has 98 valence electrons. The molecule has 1 aromatic heterocycles. The Morgan fingerprint density at radius 1 is 1.53 bits per heavy atom. The second-order valence-electron chi connectivity index (χ2n) is 3.67. The van der Waals surface area contributed by atoms with Gasteiger partial charge in [0, 0.05) is 13.1 Å². The van der Waals surface area contributed by atoms with Crippen LogP contribution in [0.15, 0.2) is 30.6 Å². The van der Waals surface area contributed by atoms with E-state index in [0.717, 1.165) is 0 Å². The van der Waals surface area contributed by atoms with E-state index in [4.69, 9.17) is 9.84 Å². The number of hydrogen-bond donors (Lipinski definition) is 1. The Labute approximate surface area is 107 Å². The summed E-state index contributed by atoms with van der Waals surface area (Å²) in [7, 11) is 1.64. The third-order valence-corrected chi connectivity index (χ3v) is 2.32. The van der Waals surface area contributed by atoms with Crippen LogP contribution in [0.3, 0.4) is 0 Å². The van der Waals surface area contributed by atoms with Crippen LogP contribution in [0.2, 0.25) is 0 Å². The first-order valence-corrected chi connectivity index (χ1v) is 5.16. The zero-order chi connectivity index (χ0) is 14.0. The second-order valence-corrected chi connectivity index (χ2v) is 3.67. The average Bonchev–Trinajstić information content (AvgIpc) is 2.74. The van der Waals surface area contributed by atoms with Crippen molar-refractivity contribution in [3.05, 3.63) is 46.3 Å². The van der Waals surface area contributed by atoms with Crippen LogP contribution >= 0.6 is 0 Å². The first-order chi connectivity index (χ1) is 8.99. The lowest BCUT2D eigenvalue weighted by Crippen LogP contribution is -2.03. The van der Waals surface area contributed by atoms with Gasteiger partial charge in [0.25, 0.3) is 0 Å². The smallest absolute Gasteiger partial charge is 0.339 e. The van der Waals surface area contributed by atoms with Crippen molar-refractivity contribution in [1.82, 2.24) is 9.78 Å². The predicted molar refractivity (Wildman–Crippen MR) is 63.3 cm³/mol. The third kappa shape index (κ3) is 2.51. The van der Waals surface area contributed by atoms with Crippen LogP contribution in [0.25, 0.3) is 0 Å². The van der Waals surface area contributed by atoms with E-state index in [1.54, 1.807) is 7.05 Å². The van der Waals surface area contributed by atoms with E-state index in [-0.39, 0.29) is 17.1 Å². The van der Waals surface area contributed by atoms with Gasteiger partial charge in [0.2, 0.25) is 5.75 Å². The molecule has 0 radical (unpaired) electrons. The molecule has 0 aliphatic carbocycles. The van der Waals surface area contributed by atoms with Gasteiger partial charge >= 0.3 is 11.7 Å². The molecule has 0 bridgehead atoms. The predicted octanol–water partition coefficient (Wildman–Crippen LogP) is 1.82. The van der Waals surface area contributed by atoms with Gasteiger partial charge in [-0.2, -0.15) is 5.10 Å². The summed E-state index contributed by atoms with van der Waals surface area (Å²) >= 11 is 0. The fourth-order valence-corrected chi connectivity index (χ4v) is 1.51.